The van der Waals surface area contributed by atoms with Crippen LogP contribution in [0.4, 0.5) is 0 Å². The number of hydrogen-bond donors (Lipinski definition) is 1. The predicted octanol–water partition coefficient (Wildman–Crippen LogP) is 4.54. The Balaban J connectivity index is 2.78. The molecule has 112 valence electrons. The SMILES string of the molecule is CCCCCC1=NC(C)(O)CC(CCC)(CCC)[Se]1. The maximum atomic E-state index is 10.5. The number of rotatable bonds is 8. The average molecular weight is 332 g/mol. The summed E-state index contributed by atoms with van der Waals surface area (Å²) in [5.74, 6) is 0. The van der Waals surface area contributed by atoms with Crippen LogP contribution >= 0.6 is 0 Å². The molecule has 0 amide bonds. The minimum atomic E-state index is -0.814. The van der Waals surface area contributed by atoms with Crippen LogP contribution in [0.25, 0.3) is 0 Å². The van der Waals surface area contributed by atoms with Crippen LogP contribution in [0.5, 0.6) is 0 Å². The molecule has 1 rings (SSSR count). The Hall–Kier alpha value is 0.149. The molecule has 1 heterocycles. The normalized spacial score (nSPS) is 26.3. The molecule has 0 aromatic heterocycles. The summed E-state index contributed by atoms with van der Waals surface area (Å²) < 4.78 is 1.70. The Morgan fingerprint density at radius 3 is 2.26 bits per heavy atom. The van der Waals surface area contributed by atoms with Crippen molar-refractivity contribution in [2.75, 3.05) is 0 Å². The van der Waals surface area contributed by atoms with Crippen molar-refractivity contribution < 1.29 is 5.11 Å². The molecule has 0 aromatic carbocycles. The van der Waals surface area contributed by atoms with Crippen molar-refractivity contribution >= 4 is 19.6 Å². The zero-order chi connectivity index (χ0) is 14.4. The van der Waals surface area contributed by atoms with Crippen LogP contribution in [0.3, 0.4) is 0 Å². The van der Waals surface area contributed by atoms with Gasteiger partial charge in [-0.1, -0.05) is 0 Å². The van der Waals surface area contributed by atoms with Crippen LogP contribution in [0.1, 0.15) is 85.5 Å². The van der Waals surface area contributed by atoms with Crippen molar-refractivity contribution in [2.45, 2.75) is 95.5 Å². The van der Waals surface area contributed by atoms with Gasteiger partial charge in [0.1, 0.15) is 0 Å². The van der Waals surface area contributed by atoms with E-state index in [4.69, 9.17) is 0 Å². The van der Waals surface area contributed by atoms with Gasteiger partial charge in [0.2, 0.25) is 0 Å². The van der Waals surface area contributed by atoms with Gasteiger partial charge < -0.3 is 0 Å². The van der Waals surface area contributed by atoms with Crippen LogP contribution in [-0.4, -0.2) is 30.4 Å². The van der Waals surface area contributed by atoms with Gasteiger partial charge in [0.25, 0.3) is 0 Å². The van der Waals surface area contributed by atoms with Crippen molar-refractivity contribution in [3.8, 4) is 0 Å². The number of nitrogens with zero attached hydrogens (tertiary/aromatic N) is 1. The van der Waals surface area contributed by atoms with Crippen molar-refractivity contribution in [1.82, 2.24) is 0 Å². The second kappa shape index (κ2) is 7.81. The van der Waals surface area contributed by atoms with Crippen molar-refractivity contribution in [3.63, 3.8) is 0 Å². The molecule has 1 N–H and O–H groups in total. The average Bonchev–Trinajstić information content (AvgIpc) is 2.27. The summed E-state index contributed by atoms with van der Waals surface area (Å²) in [6.07, 6.45) is 10.7. The van der Waals surface area contributed by atoms with Gasteiger partial charge in [-0.2, -0.15) is 0 Å². The van der Waals surface area contributed by atoms with Gasteiger partial charge in [0, 0.05) is 0 Å². The fourth-order valence-corrected chi connectivity index (χ4v) is 7.26. The van der Waals surface area contributed by atoms with E-state index in [-0.39, 0.29) is 0 Å². The van der Waals surface area contributed by atoms with Gasteiger partial charge in [0.05, 0.1) is 0 Å². The van der Waals surface area contributed by atoms with E-state index in [1.54, 1.807) is 0 Å². The molecule has 1 unspecified atom stereocenters. The molecular formula is C16H31NOSe. The summed E-state index contributed by atoms with van der Waals surface area (Å²) in [6.45, 7) is 8.68. The second-order valence-electron chi connectivity index (χ2n) is 6.14. The first-order valence-corrected chi connectivity index (χ1v) is 9.68. The van der Waals surface area contributed by atoms with Gasteiger partial charge in [-0.25, -0.2) is 0 Å². The molecule has 0 saturated carbocycles. The second-order valence-corrected chi connectivity index (χ2v) is 9.38. The molecule has 0 spiro atoms. The van der Waals surface area contributed by atoms with Crippen LogP contribution in [-0.2, 0) is 0 Å². The zero-order valence-electron chi connectivity index (χ0n) is 13.2. The molecule has 0 bridgehead atoms. The molecule has 0 aromatic rings. The quantitative estimate of drug-likeness (QED) is 0.514. The topological polar surface area (TPSA) is 32.6 Å². The monoisotopic (exact) mass is 333 g/mol. The number of aliphatic hydroxyl groups is 1. The van der Waals surface area contributed by atoms with E-state index in [2.05, 4.69) is 25.8 Å². The van der Waals surface area contributed by atoms with Gasteiger partial charge in [-0.05, 0) is 0 Å². The molecule has 3 heteroatoms. The summed E-state index contributed by atoms with van der Waals surface area (Å²) in [7, 11) is 0. The Labute approximate surface area is 125 Å². The van der Waals surface area contributed by atoms with E-state index in [0.29, 0.717) is 19.3 Å². The van der Waals surface area contributed by atoms with E-state index >= 15 is 0 Å². The van der Waals surface area contributed by atoms with Crippen LogP contribution < -0.4 is 0 Å². The Kier molecular flexibility index (Phi) is 7.07. The maximum absolute atomic E-state index is 10.5. The molecular weight excluding hydrogens is 301 g/mol. The molecule has 19 heavy (non-hydrogen) atoms. The van der Waals surface area contributed by atoms with E-state index in [0.717, 1.165) is 12.8 Å². The fraction of sp³-hybridized carbons (Fsp3) is 0.938. The first-order chi connectivity index (χ1) is 8.97. The third-order valence-electron chi connectivity index (χ3n) is 3.76. The fourth-order valence-electron chi connectivity index (χ4n) is 3.18. The van der Waals surface area contributed by atoms with Gasteiger partial charge in [0.15, 0.2) is 0 Å². The van der Waals surface area contributed by atoms with E-state index in [9.17, 15) is 5.11 Å². The third kappa shape index (κ3) is 5.57. The molecule has 1 atom stereocenters. The van der Waals surface area contributed by atoms with Gasteiger partial charge in [-0.15, -0.1) is 0 Å². The Bertz CT molecular complexity index is 293. The predicted molar refractivity (Wildman–Crippen MR) is 85.1 cm³/mol. The first kappa shape index (κ1) is 17.2. The molecule has 0 fully saturated rings. The van der Waals surface area contributed by atoms with E-state index < -0.39 is 5.72 Å². The standard InChI is InChI=1S/C16H31NOSe/c1-5-8-9-10-14-17-15(4,18)13-16(19-14,11-6-2)12-7-3/h18H,5-13H2,1-4H3. The number of unbranched alkanes of at least 4 members (excludes halogenated alkanes) is 2. The Morgan fingerprint density at radius 2 is 1.74 bits per heavy atom. The van der Waals surface area contributed by atoms with Crippen molar-refractivity contribution in [3.05, 3.63) is 0 Å². The van der Waals surface area contributed by atoms with Gasteiger partial charge >= 0.3 is 125 Å². The summed E-state index contributed by atoms with van der Waals surface area (Å²) in [4.78, 5) is 4.65. The summed E-state index contributed by atoms with van der Waals surface area (Å²) in [6, 6.07) is 0. The molecule has 0 saturated heterocycles. The van der Waals surface area contributed by atoms with Crippen LogP contribution in [0.2, 0.25) is 4.31 Å². The summed E-state index contributed by atoms with van der Waals surface area (Å²) >= 11 is 0.481. The number of aliphatic imine (C=N–C) groups is 1. The van der Waals surface area contributed by atoms with Crippen molar-refractivity contribution in [1.29, 1.82) is 0 Å². The Morgan fingerprint density at radius 1 is 1.11 bits per heavy atom. The van der Waals surface area contributed by atoms with Crippen LogP contribution in [0, 0.1) is 0 Å². The summed E-state index contributed by atoms with van der Waals surface area (Å²) in [5.41, 5.74) is -0.814. The van der Waals surface area contributed by atoms with Crippen molar-refractivity contribution in [2.24, 2.45) is 4.99 Å². The third-order valence-corrected chi connectivity index (χ3v) is 6.94. The zero-order valence-corrected chi connectivity index (χ0v) is 14.9. The molecule has 0 radical (unpaired) electrons. The minimum absolute atomic E-state index is 0.364. The van der Waals surface area contributed by atoms with E-state index in [1.807, 2.05) is 6.92 Å². The number of hydrogen-bond acceptors (Lipinski definition) is 2. The molecule has 0 aliphatic carbocycles. The molecule has 1 aliphatic rings. The van der Waals surface area contributed by atoms with E-state index in [1.165, 1.54) is 49.6 Å². The first-order valence-electron chi connectivity index (χ1n) is 7.97. The van der Waals surface area contributed by atoms with Crippen LogP contribution in [0.15, 0.2) is 4.99 Å². The summed E-state index contributed by atoms with van der Waals surface area (Å²) in [5, 5.41) is 10.5. The molecule has 1 aliphatic heterocycles. The van der Waals surface area contributed by atoms with Gasteiger partial charge in [-0.3, -0.25) is 0 Å². The molecule has 2 nitrogen and oxygen atoms in total.